The number of likely N-dealkylation sites (tertiary alicyclic amines) is 2. The van der Waals surface area contributed by atoms with Crippen molar-refractivity contribution in [2.75, 3.05) is 60.2 Å². The maximum Gasteiger partial charge on any atom is 0.266 e. The highest BCUT2D eigenvalue weighted by Gasteiger charge is 2.46. The first kappa shape index (κ1) is 42.5. The highest BCUT2D eigenvalue weighted by atomic mass is 16.5. The lowest BCUT2D eigenvalue weighted by Gasteiger charge is -2.33. The summed E-state index contributed by atoms with van der Waals surface area (Å²) in [5.41, 5.74) is 2.80. The van der Waals surface area contributed by atoms with Gasteiger partial charge >= 0.3 is 0 Å². The summed E-state index contributed by atoms with van der Waals surface area (Å²) in [6, 6.07) is 9.45. The molecule has 2 atom stereocenters. The van der Waals surface area contributed by atoms with Crippen molar-refractivity contribution in [3.05, 3.63) is 82.0 Å². The summed E-state index contributed by atoms with van der Waals surface area (Å²) < 4.78 is 31.4. The van der Waals surface area contributed by atoms with Crippen LogP contribution in [0.5, 0.6) is 17.2 Å². The third-order valence-corrected chi connectivity index (χ3v) is 12.1. The number of aromatic nitrogens is 2. The first-order valence-electron chi connectivity index (χ1n) is 20.9. The summed E-state index contributed by atoms with van der Waals surface area (Å²) in [6.45, 7) is 3.86. The van der Waals surface area contributed by atoms with Crippen LogP contribution in [0.3, 0.4) is 0 Å². The van der Waals surface area contributed by atoms with Crippen LogP contribution < -0.4 is 25.1 Å². The van der Waals surface area contributed by atoms with Crippen molar-refractivity contribution in [3.63, 3.8) is 0 Å². The number of hydrogen-bond acceptors (Lipinski definition) is 13. The van der Waals surface area contributed by atoms with E-state index in [1.807, 2.05) is 29.3 Å². The number of methoxy groups -OCH3 is 2. The Balaban J connectivity index is 0.763. The molecule has 4 aliphatic heterocycles. The molecule has 2 unspecified atom stereocenters. The lowest BCUT2D eigenvalue weighted by molar-refractivity contribution is -0.136. The van der Waals surface area contributed by atoms with Crippen molar-refractivity contribution in [2.24, 2.45) is 7.05 Å². The minimum absolute atomic E-state index is 0.0132. The van der Waals surface area contributed by atoms with Gasteiger partial charge in [-0.05, 0) is 67.0 Å². The van der Waals surface area contributed by atoms with E-state index < -0.39 is 29.7 Å². The minimum Gasteiger partial charge on any atom is -0.496 e. The minimum atomic E-state index is -1.06. The topological polar surface area (TPSA) is 188 Å². The highest BCUT2D eigenvalue weighted by molar-refractivity contribution is 6.24. The Morgan fingerprint density at radius 3 is 2.34 bits per heavy atom. The molecule has 0 spiro atoms. The number of amides is 5. The van der Waals surface area contributed by atoms with E-state index >= 15 is 0 Å². The van der Waals surface area contributed by atoms with Gasteiger partial charge in [0.25, 0.3) is 17.4 Å². The van der Waals surface area contributed by atoms with Crippen LogP contribution >= 0.6 is 0 Å². The summed E-state index contributed by atoms with van der Waals surface area (Å²) in [5, 5.41) is 3.54. The van der Waals surface area contributed by atoms with Gasteiger partial charge in [0.2, 0.25) is 17.7 Å². The first-order chi connectivity index (χ1) is 30.0. The van der Waals surface area contributed by atoms with Crippen molar-refractivity contribution < 1.29 is 47.7 Å². The number of piperidine rings is 2. The summed E-state index contributed by atoms with van der Waals surface area (Å²) in [7, 11) is 5.04. The largest absolute Gasteiger partial charge is 0.496 e. The third-order valence-electron chi connectivity index (χ3n) is 12.1. The summed E-state index contributed by atoms with van der Waals surface area (Å²) in [5.74, 6) is -0.775. The van der Waals surface area contributed by atoms with Crippen LogP contribution in [0.1, 0.15) is 64.8 Å². The zero-order chi connectivity index (χ0) is 43.5. The molecule has 4 aliphatic rings. The number of rotatable bonds is 15. The first-order valence-corrected chi connectivity index (χ1v) is 20.9. The van der Waals surface area contributed by atoms with Crippen LogP contribution in [0.2, 0.25) is 0 Å². The zero-order valence-electron chi connectivity index (χ0n) is 35.1. The van der Waals surface area contributed by atoms with Gasteiger partial charge in [-0.15, -0.1) is 0 Å². The number of benzene rings is 2. The fourth-order valence-corrected chi connectivity index (χ4v) is 8.84. The summed E-state index contributed by atoms with van der Waals surface area (Å²) in [4.78, 5) is 85.4. The molecular formula is C45H50N6O11. The number of imide groups is 2. The standard InChI is InChI=1S/C45H50N6O11/c1-48-25-33(30-9-14-46-23-32(30)43(48)55)27-21-37(58-2)34(38(22-27)59-3)26-49-15-10-28(11-16-49)62-29-12-17-50(24-29)40(53)13-18-60-19-20-61-36-6-4-5-31-41(36)45(57)51(44(31)56)35-7-8-39(52)47-42(35)54/h4-6,9,14,21-23,25,28-29,35H,7-8,10-13,15-20,24,26H2,1-3H3,(H,47,52,54). The molecule has 17 nitrogen and oxygen atoms in total. The number of aryl methyl sites for hydroxylation is 1. The molecule has 8 rings (SSSR count). The smallest absolute Gasteiger partial charge is 0.266 e. The van der Waals surface area contributed by atoms with E-state index in [1.165, 1.54) is 6.07 Å². The molecule has 3 fully saturated rings. The van der Waals surface area contributed by atoms with Crippen molar-refractivity contribution >= 4 is 40.3 Å². The molecule has 0 aliphatic carbocycles. The molecule has 4 aromatic rings. The predicted octanol–water partition coefficient (Wildman–Crippen LogP) is 3.09. The number of nitrogens with zero attached hydrogens (tertiary/aromatic N) is 5. The lowest BCUT2D eigenvalue weighted by atomic mass is 9.98. The molecule has 17 heteroatoms. The molecule has 0 saturated carbocycles. The van der Waals surface area contributed by atoms with Gasteiger partial charge in [0.05, 0.1) is 68.1 Å². The Hall–Kier alpha value is -6.17. The fourth-order valence-electron chi connectivity index (χ4n) is 8.84. The average Bonchev–Trinajstić information content (AvgIpc) is 3.85. The molecule has 326 valence electrons. The summed E-state index contributed by atoms with van der Waals surface area (Å²) in [6.07, 6.45) is 7.95. The van der Waals surface area contributed by atoms with Crippen LogP contribution in [0, 0.1) is 0 Å². The van der Waals surface area contributed by atoms with Crippen molar-refractivity contribution in [1.82, 2.24) is 29.6 Å². The SMILES string of the molecule is COc1cc(-c2cn(C)c(=O)c3cnccc23)cc(OC)c1CN1CCC(OC2CCN(C(=O)CCOCCOc3cccc4c3C(=O)N(C3CCC(=O)NC3=O)C4=O)C2)CC1. The van der Waals surface area contributed by atoms with Gasteiger partial charge in [0.1, 0.15) is 29.9 Å². The Kier molecular flexibility index (Phi) is 12.6. The third kappa shape index (κ3) is 8.64. The van der Waals surface area contributed by atoms with Crippen LogP contribution in [-0.4, -0.2) is 132 Å². The normalized spacial score (nSPS) is 19.6. The van der Waals surface area contributed by atoms with Crippen LogP contribution in [-0.2, 0) is 37.4 Å². The Bertz CT molecular complexity index is 2440. The Morgan fingerprint density at radius 1 is 0.839 bits per heavy atom. The van der Waals surface area contributed by atoms with Crippen molar-refractivity contribution in [3.8, 4) is 28.4 Å². The molecular weight excluding hydrogens is 801 g/mol. The van der Waals surface area contributed by atoms with Crippen LogP contribution in [0.15, 0.2) is 59.8 Å². The second-order valence-corrected chi connectivity index (χ2v) is 15.9. The lowest BCUT2D eigenvalue weighted by Crippen LogP contribution is -2.54. The van der Waals surface area contributed by atoms with Gasteiger partial charge in [-0.2, -0.15) is 0 Å². The number of nitrogens with one attached hydrogen (secondary N) is 1. The second-order valence-electron chi connectivity index (χ2n) is 15.9. The van der Waals surface area contributed by atoms with Crippen LogP contribution in [0.25, 0.3) is 21.9 Å². The van der Waals surface area contributed by atoms with E-state index in [9.17, 15) is 28.8 Å². The maximum absolute atomic E-state index is 13.3. The van der Waals surface area contributed by atoms with Gasteiger partial charge < -0.3 is 33.2 Å². The van der Waals surface area contributed by atoms with E-state index in [-0.39, 0.29) is 79.6 Å². The number of hydrogen-bond donors (Lipinski definition) is 1. The molecule has 1 N–H and O–H groups in total. The maximum atomic E-state index is 13.3. The van der Waals surface area contributed by atoms with Gasteiger partial charge in [0, 0.05) is 70.3 Å². The number of carbonyl (C=O) groups is 5. The van der Waals surface area contributed by atoms with E-state index in [1.54, 1.807) is 50.4 Å². The number of ether oxygens (including phenoxy) is 5. The van der Waals surface area contributed by atoms with Crippen molar-refractivity contribution in [1.29, 1.82) is 0 Å². The van der Waals surface area contributed by atoms with E-state index in [4.69, 9.17) is 23.7 Å². The van der Waals surface area contributed by atoms with E-state index in [0.717, 1.165) is 59.3 Å². The van der Waals surface area contributed by atoms with E-state index in [0.29, 0.717) is 36.5 Å². The van der Waals surface area contributed by atoms with E-state index in [2.05, 4.69) is 15.2 Å². The molecule has 0 bridgehead atoms. The molecule has 62 heavy (non-hydrogen) atoms. The molecule has 0 radical (unpaired) electrons. The fraction of sp³-hybridized carbons (Fsp3) is 0.444. The monoisotopic (exact) mass is 850 g/mol. The van der Waals surface area contributed by atoms with Gasteiger partial charge in [-0.3, -0.25) is 48.9 Å². The molecule has 5 amide bonds. The molecule has 2 aromatic heterocycles. The predicted molar refractivity (Wildman–Crippen MR) is 224 cm³/mol. The quantitative estimate of drug-likeness (QED) is 0.136. The van der Waals surface area contributed by atoms with Crippen molar-refractivity contribution in [2.45, 2.75) is 63.3 Å². The van der Waals surface area contributed by atoms with Gasteiger partial charge in [-0.1, -0.05) is 6.07 Å². The highest BCUT2D eigenvalue weighted by Crippen LogP contribution is 2.39. The average molecular weight is 851 g/mol. The number of pyridine rings is 2. The van der Waals surface area contributed by atoms with Gasteiger partial charge in [-0.25, -0.2) is 0 Å². The number of carbonyl (C=O) groups excluding carboxylic acids is 5. The Labute approximate surface area is 357 Å². The summed E-state index contributed by atoms with van der Waals surface area (Å²) >= 11 is 0. The zero-order valence-corrected chi connectivity index (χ0v) is 35.1. The number of fused-ring (bicyclic) bond motifs is 2. The van der Waals surface area contributed by atoms with Crippen LogP contribution in [0.4, 0.5) is 0 Å². The van der Waals surface area contributed by atoms with Gasteiger partial charge in [0.15, 0.2) is 0 Å². The molecule has 2 aromatic carbocycles. The second kappa shape index (κ2) is 18.4. The Morgan fingerprint density at radius 2 is 1.60 bits per heavy atom. The molecule has 6 heterocycles. The molecule has 3 saturated heterocycles.